The third-order valence-corrected chi connectivity index (χ3v) is 7.61. The molecule has 0 aromatic heterocycles. The molecule has 7 nitrogen and oxygen atoms in total. The summed E-state index contributed by atoms with van der Waals surface area (Å²) in [6.45, 7) is 0.569. The van der Waals surface area contributed by atoms with Crippen molar-refractivity contribution in [1.82, 2.24) is 9.80 Å². The van der Waals surface area contributed by atoms with E-state index in [1.807, 2.05) is 97.1 Å². The van der Waals surface area contributed by atoms with Gasteiger partial charge in [0.2, 0.25) is 0 Å². The summed E-state index contributed by atoms with van der Waals surface area (Å²) in [5, 5.41) is 23.5. The molecule has 0 saturated carbocycles. The number of rotatable bonds is 8. The maximum Gasteiger partial charge on any atom is 0.321 e. The van der Waals surface area contributed by atoms with Gasteiger partial charge in [-0.25, -0.2) is 4.79 Å². The summed E-state index contributed by atoms with van der Waals surface area (Å²) in [4.78, 5) is 18.0. The highest BCUT2D eigenvalue weighted by Crippen LogP contribution is 2.30. The number of hydrogen-bond donors (Lipinski definition) is 4. The zero-order valence-corrected chi connectivity index (χ0v) is 22.4. The van der Waals surface area contributed by atoms with Crippen LogP contribution in [0.15, 0.2) is 109 Å². The van der Waals surface area contributed by atoms with Gasteiger partial charge >= 0.3 is 6.03 Å². The van der Waals surface area contributed by atoms with Gasteiger partial charge in [0.25, 0.3) is 0 Å². The number of anilines is 2. The van der Waals surface area contributed by atoms with Gasteiger partial charge in [-0.3, -0.25) is 0 Å². The molecule has 40 heavy (non-hydrogen) atoms. The van der Waals surface area contributed by atoms with Gasteiger partial charge < -0.3 is 31.5 Å². The fourth-order valence-electron chi connectivity index (χ4n) is 5.59. The zero-order valence-electron chi connectivity index (χ0n) is 22.4. The molecule has 1 heterocycles. The molecule has 4 aromatic carbocycles. The summed E-state index contributed by atoms with van der Waals surface area (Å²) in [5.41, 5.74) is 17.0. The van der Waals surface area contributed by atoms with Crippen molar-refractivity contribution in [2.24, 2.45) is 0 Å². The van der Waals surface area contributed by atoms with Crippen LogP contribution in [-0.2, 0) is 25.9 Å². The number of aliphatic hydroxyl groups is 2. The van der Waals surface area contributed by atoms with Crippen molar-refractivity contribution < 1.29 is 15.0 Å². The number of carbonyl (C=O) groups excluding carboxylic acids is 1. The van der Waals surface area contributed by atoms with Crippen molar-refractivity contribution in [1.29, 1.82) is 0 Å². The lowest BCUT2D eigenvalue weighted by Crippen LogP contribution is -2.50. The highest BCUT2D eigenvalue weighted by molar-refractivity contribution is 5.76. The van der Waals surface area contributed by atoms with Crippen molar-refractivity contribution in [3.8, 4) is 0 Å². The first-order valence-electron chi connectivity index (χ1n) is 13.6. The standard InChI is InChI=1S/C33H36N4O3/c34-27-15-7-13-25(17-27)19-29-31(38)32(39)30(20-26-14-8-16-28(35)18-26)37(22-24-11-5-2-6-12-24)33(40)36(29)21-23-9-3-1-4-10-23/h1-18,29-32,38-39H,19-22,34-35H2/t29-,30-,31+,32+/m1/s1. The van der Waals surface area contributed by atoms with Crippen LogP contribution in [0.4, 0.5) is 16.2 Å². The molecule has 5 rings (SSSR count). The van der Waals surface area contributed by atoms with E-state index in [-0.39, 0.29) is 19.1 Å². The minimum absolute atomic E-state index is 0.244. The van der Waals surface area contributed by atoms with Gasteiger partial charge in [-0.15, -0.1) is 0 Å². The van der Waals surface area contributed by atoms with E-state index >= 15 is 0 Å². The van der Waals surface area contributed by atoms with E-state index in [9.17, 15) is 15.0 Å². The molecule has 4 aromatic rings. The molecule has 0 aliphatic carbocycles. The molecule has 7 heteroatoms. The van der Waals surface area contributed by atoms with Crippen LogP contribution >= 0.6 is 0 Å². The number of carbonyl (C=O) groups is 1. The van der Waals surface area contributed by atoms with E-state index in [0.29, 0.717) is 24.2 Å². The van der Waals surface area contributed by atoms with Crippen molar-refractivity contribution in [3.05, 3.63) is 131 Å². The van der Waals surface area contributed by atoms with E-state index < -0.39 is 24.3 Å². The smallest absolute Gasteiger partial charge is 0.321 e. The van der Waals surface area contributed by atoms with E-state index in [0.717, 1.165) is 22.3 Å². The number of nitrogens with zero attached hydrogens (tertiary/aromatic N) is 2. The number of nitrogen functional groups attached to an aromatic ring is 2. The van der Waals surface area contributed by atoms with Crippen molar-refractivity contribution >= 4 is 17.4 Å². The van der Waals surface area contributed by atoms with Crippen LogP contribution in [0, 0.1) is 0 Å². The highest BCUT2D eigenvalue weighted by Gasteiger charge is 2.46. The minimum Gasteiger partial charge on any atom is -0.399 e. The number of benzene rings is 4. The number of urea groups is 1. The molecule has 6 N–H and O–H groups in total. The lowest BCUT2D eigenvalue weighted by molar-refractivity contribution is -0.0408. The van der Waals surface area contributed by atoms with Crippen LogP contribution in [0.3, 0.4) is 0 Å². The predicted molar refractivity (Wildman–Crippen MR) is 158 cm³/mol. The Morgan fingerprint density at radius 2 is 0.925 bits per heavy atom. The Hall–Kier alpha value is -4.33. The first-order chi connectivity index (χ1) is 19.4. The summed E-state index contributed by atoms with van der Waals surface area (Å²) >= 11 is 0. The second-order valence-corrected chi connectivity index (χ2v) is 10.5. The topological polar surface area (TPSA) is 116 Å². The van der Waals surface area contributed by atoms with Gasteiger partial charge in [-0.2, -0.15) is 0 Å². The monoisotopic (exact) mass is 536 g/mol. The molecule has 1 fully saturated rings. The second kappa shape index (κ2) is 12.2. The first-order valence-corrected chi connectivity index (χ1v) is 13.6. The Labute approximate surface area is 235 Å². The highest BCUT2D eigenvalue weighted by atomic mass is 16.3. The summed E-state index contributed by atoms with van der Waals surface area (Å²) in [6.07, 6.45) is -1.74. The predicted octanol–water partition coefficient (Wildman–Crippen LogP) is 4.23. The largest absolute Gasteiger partial charge is 0.399 e. The van der Waals surface area contributed by atoms with Crippen LogP contribution in [0.1, 0.15) is 22.3 Å². The summed E-state index contributed by atoms with van der Waals surface area (Å²) in [6, 6.07) is 32.7. The van der Waals surface area contributed by atoms with E-state index in [2.05, 4.69) is 0 Å². The molecule has 206 valence electrons. The molecule has 0 unspecified atom stereocenters. The normalized spacial score (nSPS) is 21.3. The molecule has 0 radical (unpaired) electrons. The van der Waals surface area contributed by atoms with Crippen molar-refractivity contribution in [2.45, 2.75) is 50.2 Å². The van der Waals surface area contributed by atoms with Gasteiger partial charge in [-0.1, -0.05) is 84.9 Å². The van der Waals surface area contributed by atoms with Gasteiger partial charge in [0, 0.05) is 24.5 Å². The van der Waals surface area contributed by atoms with Crippen LogP contribution in [0.25, 0.3) is 0 Å². The SMILES string of the molecule is Nc1cccc(C[C@@H]2[C@H](O)[C@@H](O)[C@@H](Cc3cccc(N)c3)N(Cc3ccccc3)C(=O)N2Cc2ccccc2)c1. The average molecular weight is 537 g/mol. The summed E-state index contributed by atoms with van der Waals surface area (Å²) in [7, 11) is 0. The maximum atomic E-state index is 14.6. The first kappa shape index (κ1) is 27.2. The zero-order chi connectivity index (χ0) is 28.1. The van der Waals surface area contributed by atoms with Crippen LogP contribution < -0.4 is 11.5 Å². The van der Waals surface area contributed by atoms with Gasteiger partial charge in [0.05, 0.1) is 12.1 Å². The Bertz CT molecular complexity index is 1310. The van der Waals surface area contributed by atoms with Gasteiger partial charge in [-0.05, 0) is 59.4 Å². The Kier molecular flexibility index (Phi) is 8.34. The van der Waals surface area contributed by atoms with E-state index in [4.69, 9.17) is 11.5 Å². The Morgan fingerprint density at radius 3 is 1.30 bits per heavy atom. The van der Waals surface area contributed by atoms with Crippen LogP contribution in [0.2, 0.25) is 0 Å². The minimum atomic E-state index is -1.21. The maximum absolute atomic E-state index is 14.6. The molecule has 1 aliphatic heterocycles. The Balaban J connectivity index is 1.58. The molecule has 0 bridgehead atoms. The average Bonchev–Trinajstić information content (AvgIpc) is 3.02. The summed E-state index contributed by atoms with van der Waals surface area (Å²) < 4.78 is 0. The van der Waals surface area contributed by atoms with Crippen molar-refractivity contribution in [3.63, 3.8) is 0 Å². The third-order valence-electron chi connectivity index (χ3n) is 7.61. The molecule has 0 spiro atoms. The molecule has 2 amide bonds. The quantitative estimate of drug-likeness (QED) is 0.252. The van der Waals surface area contributed by atoms with Gasteiger partial charge in [0.15, 0.2) is 0 Å². The van der Waals surface area contributed by atoms with Crippen LogP contribution in [0.5, 0.6) is 0 Å². The van der Waals surface area contributed by atoms with E-state index in [1.54, 1.807) is 21.9 Å². The molecular formula is C33H36N4O3. The number of amides is 2. The van der Waals surface area contributed by atoms with E-state index in [1.165, 1.54) is 0 Å². The molecular weight excluding hydrogens is 500 g/mol. The Morgan fingerprint density at radius 1 is 0.550 bits per heavy atom. The second-order valence-electron chi connectivity index (χ2n) is 10.5. The number of aliphatic hydroxyl groups excluding tert-OH is 2. The molecule has 1 saturated heterocycles. The number of nitrogens with two attached hydrogens (primary N) is 2. The van der Waals surface area contributed by atoms with Crippen LogP contribution in [-0.4, -0.2) is 50.3 Å². The van der Waals surface area contributed by atoms with Gasteiger partial charge in [0.1, 0.15) is 12.2 Å². The fraction of sp³-hybridized carbons (Fsp3) is 0.242. The lowest BCUT2D eigenvalue weighted by Gasteiger charge is -2.36. The lowest BCUT2D eigenvalue weighted by atomic mass is 9.90. The number of hydrogen-bond acceptors (Lipinski definition) is 5. The summed E-state index contributed by atoms with van der Waals surface area (Å²) in [5.74, 6) is 0. The third kappa shape index (κ3) is 6.28. The molecule has 1 aliphatic rings. The fourth-order valence-corrected chi connectivity index (χ4v) is 5.59. The molecule has 4 atom stereocenters. The van der Waals surface area contributed by atoms with Crippen molar-refractivity contribution in [2.75, 3.05) is 11.5 Å².